The maximum atomic E-state index is 10.8. The van der Waals surface area contributed by atoms with Gasteiger partial charge in [-0.05, 0) is 18.2 Å². The van der Waals surface area contributed by atoms with Gasteiger partial charge in [-0.1, -0.05) is 0 Å². The Kier molecular flexibility index (Phi) is 5.64. The molecule has 0 saturated carbocycles. The molecule has 0 amide bonds. The van der Waals surface area contributed by atoms with E-state index in [2.05, 4.69) is 6.07 Å². The van der Waals surface area contributed by atoms with Gasteiger partial charge in [0.1, 0.15) is 0 Å². The molecule has 0 fully saturated rings. The van der Waals surface area contributed by atoms with E-state index >= 15 is 0 Å². The second-order valence-corrected chi connectivity index (χ2v) is 3.97. The number of benzene rings is 1. The van der Waals surface area contributed by atoms with E-state index in [1.165, 1.54) is 12.1 Å². The first kappa shape index (κ1) is 14.8. The second kappa shape index (κ2) is 7.24. The van der Waals surface area contributed by atoms with E-state index in [9.17, 15) is 4.79 Å². The van der Waals surface area contributed by atoms with Crippen molar-refractivity contribution in [3.8, 4) is 6.07 Å². The van der Waals surface area contributed by atoms with Crippen molar-refractivity contribution in [1.29, 1.82) is 5.26 Å². The molecule has 0 aromatic heterocycles. The number of nitrogens with two attached hydrogens (primary N) is 1. The van der Waals surface area contributed by atoms with Gasteiger partial charge in [0.25, 0.3) is 0 Å². The summed E-state index contributed by atoms with van der Waals surface area (Å²) in [5, 5.41) is 17.5. The third-order valence-corrected chi connectivity index (χ3v) is 2.67. The Morgan fingerprint density at radius 1 is 1.53 bits per heavy atom. The standard InChI is InChI=1S/C13H17N3O3/c1-19-8-7-16(6-2-5-14)12-4-3-10(13(17)18)9-11(12)15/h3-4,9H,2,6-8,15H2,1H3,(H,17,18). The van der Waals surface area contributed by atoms with Crippen LogP contribution in [0.25, 0.3) is 0 Å². The molecule has 0 atom stereocenters. The zero-order valence-electron chi connectivity index (χ0n) is 10.8. The van der Waals surface area contributed by atoms with Gasteiger partial charge in [0.2, 0.25) is 0 Å². The number of carboxylic acids is 1. The van der Waals surface area contributed by atoms with Crippen molar-refractivity contribution in [3.63, 3.8) is 0 Å². The first-order chi connectivity index (χ1) is 9.10. The van der Waals surface area contributed by atoms with Gasteiger partial charge in [-0.2, -0.15) is 5.26 Å². The second-order valence-electron chi connectivity index (χ2n) is 3.97. The number of carbonyl (C=O) groups is 1. The van der Waals surface area contributed by atoms with E-state index in [0.29, 0.717) is 31.8 Å². The molecule has 0 aliphatic carbocycles. The van der Waals surface area contributed by atoms with Gasteiger partial charge in [-0.15, -0.1) is 0 Å². The predicted octanol–water partition coefficient (Wildman–Crippen LogP) is 1.33. The topological polar surface area (TPSA) is 99.6 Å². The van der Waals surface area contributed by atoms with Crippen LogP contribution in [-0.4, -0.2) is 37.9 Å². The quantitative estimate of drug-likeness (QED) is 0.720. The largest absolute Gasteiger partial charge is 0.478 e. The third kappa shape index (κ3) is 4.16. The zero-order valence-corrected chi connectivity index (χ0v) is 10.8. The highest BCUT2D eigenvalue weighted by Gasteiger charge is 2.12. The van der Waals surface area contributed by atoms with E-state index in [-0.39, 0.29) is 5.56 Å². The summed E-state index contributed by atoms with van der Waals surface area (Å²) in [5.41, 5.74) is 7.12. The maximum absolute atomic E-state index is 10.8. The minimum absolute atomic E-state index is 0.147. The molecule has 0 aliphatic rings. The van der Waals surface area contributed by atoms with Gasteiger partial charge in [-0.3, -0.25) is 0 Å². The van der Waals surface area contributed by atoms with Crippen LogP contribution in [0.15, 0.2) is 18.2 Å². The molecule has 19 heavy (non-hydrogen) atoms. The highest BCUT2D eigenvalue weighted by atomic mass is 16.5. The average molecular weight is 263 g/mol. The van der Waals surface area contributed by atoms with Crippen LogP contribution in [0.3, 0.4) is 0 Å². The minimum atomic E-state index is -1.02. The lowest BCUT2D eigenvalue weighted by Gasteiger charge is -2.25. The Morgan fingerprint density at radius 3 is 2.79 bits per heavy atom. The van der Waals surface area contributed by atoms with Gasteiger partial charge in [0.05, 0.1) is 36.0 Å². The number of aromatic carboxylic acids is 1. The van der Waals surface area contributed by atoms with E-state index in [1.807, 2.05) is 4.90 Å². The van der Waals surface area contributed by atoms with Gasteiger partial charge < -0.3 is 20.5 Å². The van der Waals surface area contributed by atoms with E-state index in [1.54, 1.807) is 13.2 Å². The molecule has 6 nitrogen and oxygen atoms in total. The van der Waals surface area contributed by atoms with Crippen molar-refractivity contribution >= 4 is 17.3 Å². The van der Waals surface area contributed by atoms with Crippen LogP contribution in [0.1, 0.15) is 16.8 Å². The fourth-order valence-electron chi connectivity index (χ4n) is 1.71. The molecule has 102 valence electrons. The summed E-state index contributed by atoms with van der Waals surface area (Å²) in [7, 11) is 1.60. The van der Waals surface area contributed by atoms with Crippen LogP contribution in [0.5, 0.6) is 0 Å². The van der Waals surface area contributed by atoms with Gasteiger partial charge in [0, 0.05) is 20.2 Å². The van der Waals surface area contributed by atoms with Crippen molar-refractivity contribution in [3.05, 3.63) is 23.8 Å². The monoisotopic (exact) mass is 263 g/mol. The number of ether oxygens (including phenoxy) is 1. The molecule has 1 rings (SSSR count). The molecule has 0 aliphatic heterocycles. The van der Waals surface area contributed by atoms with Gasteiger partial charge in [-0.25, -0.2) is 4.79 Å². The summed E-state index contributed by atoms with van der Waals surface area (Å²) in [6, 6.07) is 6.66. The predicted molar refractivity (Wildman–Crippen MR) is 72.1 cm³/mol. The maximum Gasteiger partial charge on any atom is 0.335 e. The molecule has 6 heteroatoms. The normalized spacial score (nSPS) is 9.89. The lowest BCUT2D eigenvalue weighted by Crippen LogP contribution is -2.29. The Bertz CT molecular complexity index is 483. The smallest absolute Gasteiger partial charge is 0.335 e. The summed E-state index contributed by atoms with van der Waals surface area (Å²) in [6.07, 6.45) is 0.365. The van der Waals surface area contributed by atoms with E-state index in [4.69, 9.17) is 20.8 Å². The number of methoxy groups -OCH3 is 1. The Labute approximate surface area is 112 Å². The molecule has 0 heterocycles. The van der Waals surface area contributed by atoms with Crippen molar-refractivity contribution in [2.24, 2.45) is 0 Å². The fourth-order valence-corrected chi connectivity index (χ4v) is 1.71. The third-order valence-electron chi connectivity index (χ3n) is 2.67. The fraction of sp³-hybridized carbons (Fsp3) is 0.385. The molecule has 3 N–H and O–H groups in total. The lowest BCUT2D eigenvalue weighted by atomic mass is 10.1. The van der Waals surface area contributed by atoms with Crippen LogP contribution >= 0.6 is 0 Å². The summed E-state index contributed by atoms with van der Waals surface area (Å²) in [4.78, 5) is 12.8. The number of nitrogens with zero attached hydrogens (tertiary/aromatic N) is 2. The molecule has 0 bridgehead atoms. The molecule has 0 radical (unpaired) electrons. The number of nitrogen functional groups attached to an aromatic ring is 1. The molecule has 1 aromatic carbocycles. The van der Waals surface area contributed by atoms with Crippen LogP contribution < -0.4 is 10.6 Å². The number of carboxylic acid groups (broad SMARTS) is 1. The highest BCUT2D eigenvalue weighted by molar-refractivity contribution is 5.90. The van der Waals surface area contributed by atoms with Crippen LogP contribution in [0, 0.1) is 11.3 Å². The number of anilines is 2. The first-order valence-electron chi connectivity index (χ1n) is 5.83. The molecular formula is C13H17N3O3. The summed E-state index contributed by atoms with van der Waals surface area (Å²) in [6.45, 7) is 1.62. The van der Waals surface area contributed by atoms with Crippen molar-refractivity contribution in [1.82, 2.24) is 0 Å². The molecule has 0 unspecified atom stereocenters. The number of hydrogen-bond donors (Lipinski definition) is 2. The van der Waals surface area contributed by atoms with Gasteiger partial charge >= 0.3 is 5.97 Å². The zero-order chi connectivity index (χ0) is 14.3. The van der Waals surface area contributed by atoms with E-state index in [0.717, 1.165) is 5.69 Å². The van der Waals surface area contributed by atoms with Crippen molar-refractivity contribution < 1.29 is 14.6 Å². The highest BCUT2D eigenvalue weighted by Crippen LogP contribution is 2.24. The van der Waals surface area contributed by atoms with Crippen LogP contribution in [-0.2, 0) is 4.74 Å². The summed E-state index contributed by atoms with van der Waals surface area (Å²) >= 11 is 0. The van der Waals surface area contributed by atoms with E-state index < -0.39 is 5.97 Å². The van der Waals surface area contributed by atoms with Crippen molar-refractivity contribution in [2.75, 3.05) is 37.4 Å². The average Bonchev–Trinajstić information content (AvgIpc) is 2.39. The Morgan fingerprint density at radius 2 is 2.26 bits per heavy atom. The number of hydrogen-bond acceptors (Lipinski definition) is 5. The van der Waals surface area contributed by atoms with Crippen molar-refractivity contribution in [2.45, 2.75) is 6.42 Å². The van der Waals surface area contributed by atoms with Crippen LogP contribution in [0.2, 0.25) is 0 Å². The summed E-state index contributed by atoms with van der Waals surface area (Å²) < 4.78 is 5.02. The lowest BCUT2D eigenvalue weighted by molar-refractivity contribution is 0.0697. The minimum Gasteiger partial charge on any atom is -0.478 e. The SMILES string of the molecule is COCCN(CCC#N)c1ccc(C(=O)O)cc1N. The molecular weight excluding hydrogens is 246 g/mol. The van der Waals surface area contributed by atoms with Gasteiger partial charge in [0.15, 0.2) is 0 Å². The molecule has 0 spiro atoms. The number of rotatable bonds is 7. The molecule has 1 aromatic rings. The summed E-state index contributed by atoms with van der Waals surface area (Å²) in [5.74, 6) is -1.02. The molecule has 0 saturated heterocycles. The Balaban J connectivity index is 2.94. The Hall–Kier alpha value is -2.26. The first-order valence-corrected chi connectivity index (χ1v) is 5.83. The van der Waals surface area contributed by atoms with Crippen LogP contribution in [0.4, 0.5) is 11.4 Å². The number of nitriles is 1.